The van der Waals surface area contributed by atoms with Crippen LogP contribution in [0.5, 0.6) is 5.75 Å². The number of nitrogens with zero attached hydrogens (tertiary/aromatic N) is 2. The number of unbranched alkanes of at least 4 members (excludes halogenated alkanes) is 8. The molecule has 0 spiro atoms. The van der Waals surface area contributed by atoms with Gasteiger partial charge in [-0.05, 0) is 31.0 Å². The van der Waals surface area contributed by atoms with Crippen LogP contribution in [0.3, 0.4) is 0 Å². The first-order chi connectivity index (χ1) is 12.7. The van der Waals surface area contributed by atoms with E-state index < -0.39 is 0 Å². The fourth-order valence-corrected chi connectivity index (χ4v) is 3.08. The van der Waals surface area contributed by atoms with Gasteiger partial charge < -0.3 is 4.74 Å². The van der Waals surface area contributed by atoms with Crippen molar-refractivity contribution < 1.29 is 9.13 Å². The van der Waals surface area contributed by atoms with Crippen LogP contribution in [0.15, 0.2) is 30.6 Å². The molecule has 2 aromatic rings. The lowest BCUT2D eigenvalue weighted by atomic mass is 10.1. The third-order valence-electron chi connectivity index (χ3n) is 4.69. The minimum atomic E-state index is -0.384. The molecule has 0 saturated carbocycles. The molecular formula is C22H31FN2O. The van der Waals surface area contributed by atoms with Gasteiger partial charge in [-0.2, -0.15) is 0 Å². The Labute approximate surface area is 157 Å². The van der Waals surface area contributed by atoms with E-state index in [1.807, 2.05) is 6.20 Å². The highest BCUT2D eigenvalue weighted by atomic mass is 19.1. The molecule has 26 heavy (non-hydrogen) atoms. The van der Waals surface area contributed by atoms with Crippen LogP contribution in [0.1, 0.15) is 70.4 Å². The van der Waals surface area contributed by atoms with Crippen LogP contribution in [0, 0.1) is 5.82 Å². The summed E-state index contributed by atoms with van der Waals surface area (Å²) < 4.78 is 18.7. The zero-order valence-corrected chi connectivity index (χ0v) is 16.1. The Bertz CT molecular complexity index is 643. The number of aromatic nitrogens is 2. The lowest BCUT2D eigenvalue weighted by Crippen LogP contribution is -1.95. The quantitative estimate of drug-likeness (QED) is 0.414. The summed E-state index contributed by atoms with van der Waals surface area (Å²) in [4.78, 5) is 8.91. The van der Waals surface area contributed by atoms with Gasteiger partial charge in [0.25, 0.3) is 0 Å². The summed E-state index contributed by atoms with van der Waals surface area (Å²) in [5.74, 6) is -0.144. The average Bonchev–Trinajstić information content (AvgIpc) is 2.67. The van der Waals surface area contributed by atoms with Gasteiger partial charge in [-0.3, -0.25) is 9.97 Å². The minimum Gasteiger partial charge on any atom is -0.494 e. The number of hydrogen-bond acceptors (Lipinski definition) is 3. The first kappa shape index (κ1) is 20.3. The van der Waals surface area contributed by atoms with Gasteiger partial charge in [0.15, 0.2) is 11.6 Å². The monoisotopic (exact) mass is 358 g/mol. The van der Waals surface area contributed by atoms with Crippen molar-refractivity contribution in [3.63, 3.8) is 0 Å². The number of methoxy groups -OCH3 is 1. The fourth-order valence-electron chi connectivity index (χ4n) is 3.08. The molecule has 0 amide bonds. The van der Waals surface area contributed by atoms with E-state index in [2.05, 4.69) is 16.9 Å². The predicted octanol–water partition coefficient (Wildman–Crippen LogP) is 6.36. The number of hydrogen-bond donors (Lipinski definition) is 0. The van der Waals surface area contributed by atoms with E-state index in [1.165, 1.54) is 64.5 Å². The molecule has 0 saturated heterocycles. The van der Waals surface area contributed by atoms with Crippen molar-refractivity contribution in [3.8, 4) is 17.0 Å². The summed E-state index contributed by atoms with van der Waals surface area (Å²) in [6.07, 6.45) is 16.4. The molecule has 0 aliphatic rings. The molecule has 0 bridgehead atoms. The Morgan fingerprint density at radius 3 is 2.15 bits per heavy atom. The summed E-state index contributed by atoms with van der Waals surface area (Å²) in [7, 11) is 1.46. The summed E-state index contributed by atoms with van der Waals surface area (Å²) in [5.41, 5.74) is 2.40. The Balaban J connectivity index is 1.70. The van der Waals surface area contributed by atoms with Crippen molar-refractivity contribution >= 4 is 0 Å². The molecule has 0 fully saturated rings. The third kappa shape index (κ3) is 6.74. The molecule has 1 aromatic carbocycles. The predicted molar refractivity (Wildman–Crippen MR) is 105 cm³/mol. The van der Waals surface area contributed by atoms with E-state index in [9.17, 15) is 4.39 Å². The zero-order chi connectivity index (χ0) is 18.6. The van der Waals surface area contributed by atoms with Crippen LogP contribution in [-0.4, -0.2) is 17.1 Å². The number of benzene rings is 1. The van der Waals surface area contributed by atoms with Crippen molar-refractivity contribution in [2.75, 3.05) is 7.11 Å². The second-order valence-corrected chi connectivity index (χ2v) is 6.82. The maximum Gasteiger partial charge on any atom is 0.165 e. The van der Waals surface area contributed by atoms with Crippen LogP contribution in [0.4, 0.5) is 4.39 Å². The van der Waals surface area contributed by atoms with Crippen molar-refractivity contribution in [1.82, 2.24) is 9.97 Å². The Morgan fingerprint density at radius 2 is 1.58 bits per heavy atom. The lowest BCUT2D eigenvalue weighted by molar-refractivity contribution is 0.386. The first-order valence-electron chi connectivity index (χ1n) is 9.89. The van der Waals surface area contributed by atoms with Gasteiger partial charge in [-0.1, -0.05) is 58.3 Å². The highest BCUT2D eigenvalue weighted by Gasteiger charge is 2.07. The third-order valence-corrected chi connectivity index (χ3v) is 4.69. The maximum atomic E-state index is 13.8. The van der Waals surface area contributed by atoms with Gasteiger partial charge in [0.05, 0.1) is 24.7 Å². The second-order valence-electron chi connectivity index (χ2n) is 6.82. The van der Waals surface area contributed by atoms with Crippen LogP contribution in [-0.2, 0) is 6.42 Å². The van der Waals surface area contributed by atoms with E-state index in [1.54, 1.807) is 18.3 Å². The SMILES string of the molecule is CCCCCCCCCCCc1cnc(-c2ccc(OC)c(F)c2)cn1. The number of aryl methyl sites for hydroxylation is 1. The van der Waals surface area contributed by atoms with Crippen LogP contribution >= 0.6 is 0 Å². The van der Waals surface area contributed by atoms with E-state index in [0.29, 0.717) is 11.3 Å². The van der Waals surface area contributed by atoms with Crippen molar-refractivity contribution in [3.05, 3.63) is 42.1 Å². The Kier molecular flexibility index (Phi) is 9.08. The summed E-state index contributed by atoms with van der Waals surface area (Å²) in [6, 6.07) is 4.84. The van der Waals surface area contributed by atoms with Gasteiger partial charge in [-0.15, -0.1) is 0 Å². The first-order valence-corrected chi connectivity index (χ1v) is 9.89. The molecule has 0 aliphatic heterocycles. The molecule has 0 radical (unpaired) electrons. The smallest absolute Gasteiger partial charge is 0.165 e. The van der Waals surface area contributed by atoms with Crippen molar-refractivity contribution in [1.29, 1.82) is 0 Å². The minimum absolute atomic E-state index is 0.240. The molecule has 4 heteroatoms. The molecule has 142 valence electrons. The standard InChI is InChI=1S/C22H31FN2O/c1-3-4-5-6-7-8-9-10-11-12-19-16-25-21(17-24-19)18-13-14-22(26-2)20(23)15-18/h13-17H,3-12H2,1-2H3. The van der Waals surface area contributed by atoms with E-state index in [4.69, 9.17) is 4.74 Å². The summed E-state index contributed by atoms with van der Waals surface area (Å²) in [6.45, 7) is 2.25. The van der Waals surface area contributed by atoms with E-state index in [-0.39, 0.29) is 11.6 Å². The summed E-state index contributed by atoms with van der Waals surface area (Å²) >= 11 is 0. The number of rotatable bonds is 12. The van der Waals surface area contributed by atoms with E-state index >= 15 is 0 Å². The maximum absolute atomic E-state index is 13.8. The van der Waals surface area contributed by atoms with Gasteiger partial charge in [0, 0.05) is 11.8 Å². The lowest BCUT2D eigenvalue weighted by Gasteiger charge is -2.06. The highest BCUT2D eigenvalue weighted by Crippen LogP contribution is 2.23. The van der Waals surface area contributed by atoms with Crippen LogP contribution in [0.25, 0.3) is 11.3 Å². The Hall–Kier alpha value is -1.97. The van der Waals surface area contributed by atoms with Gasteiger partial charge in [-0.25, -0.2) is 4.39 Å². The normalized spacial score (nSPS) is 10.9. The van der Waals surface area contributed by atoms with E-state index in [0.717, 1.165) is 18.5 Å². The summed E-state index contributed by atoms with van der Waals surface area (Å²) in [5, 5.41) is 0. The Morgan fingerprint density at radius 1 is 0.885 bits per heavy atom. The van der Waals surface area contributed by atoms with Crippen molar-refractivity contribution in [2.24, 2.45) is 0 Å². The van der Waals surface area contributed by atoms with Gasteiger partial charge >= 0.3 is 0 Å². The molecule has 3 nitrogen and oxygen atoms in total. The average molecular weight is 359 g/mol. The zero-order valence-electron chi connectivity index (χ0n) is 16.1. The molecule has 0 atom stereocenters. The van der Waals surface area contributed by atoms with Crippen LogP contribution in [0.2, 0.25) is 0 Å². The fraction of sp³-hybridized carbons (Fsp3) is 0.545. The van der Waals surface area contributed by atoms with Gasteiger partial charge in [0.2, 0.25) is 0 Å². The van der Waals surface area contributed by atoms with Crippen molar-refractivity contribution in [2.45, 2.75) is 71.1 Å². The highest BCUT2D eigenvalue weighted by molar-refractivity contribution is 5.59. The molecule has 0 unspecified atom stereocenters. The molecule has 0 N–H and O–H groups in total. The largest absolute Gasteiger partial charge is 0.494 e. The molecular weight excluding hydrogens is 327 g/mol. The second kappa shape index (κ2) is 11.6. The number of ether oxygens (including phenoxy) is 1. The number of halogens is 1. The van der Waals surface area contributed by atoms with Gasteiger partial charge in [0.1, 0.15) is 0 Å². The molecule has 1 heterocycles. The molecule has 1 aromatic heterocycles. The molecule has 2 rings (SSSR count). The van der Waals surface area contributed by atoms with Crippen LogP contribution < -0.4 is 4.74 Å². The molecule has 0 aliphatic carbocycles. The topological polar surface area (TPSA) is 35.0 Å².